The van der Waals surface area contributed by atoms with Crippen molar-refractivity contribution in [3.63, 3.8) is 0 Å². The summed E-state index contributed by atoms with van der Waals surface area (Å²) in [6.45, 7) is 26.5. The molecule has 9 aliphatic carbocycles. The number of Topliss-reactive ketones (excluding diaryl/α,β-unsaturated/α-hetero) is 1. The SMILES string of the molecule is COC(=O)C1(C)CCC2(C)CCC3(C)C4=CC=C5C(=CC(=O)C(=O)C5(C)Oc5cc6c(c(C)c5O)C(=O)C=C5C6(C)CCC6(C)C7CC(C)(C(=O)OC)CCC7(C)CCC56C)C4(C)CCC3(C)C2C1. The van der Waals surface area contributed by atoms with Gasteiger partial charge in [-0.3, -0.25) is 24.0 Å². The van der Waals surface area contributed by atoms with E-state index in [1.165, 1.54) is 19.8 Å². The maximum absolute atomic E-state index is 14.7. The van der Waals surface area contributed by atoms with Crippen LogP contribution in [0.3, 0.4) is 0 Å². The Labute approximate surface area is 410 Å². The molecule has 1 aromatic rings. The second-order valence-electron chi connectivity index (χ2n) is 26.8. The minimum atomic E-state index is -1.76. The molecular formula is C60H78O9. The predicted octanol–water partition coefficient (Wildman–Crippen LogP) is 12.3. The van der Waals surface area contributed by atoms with Crippen molar-refractivity contribution in [2.75, 3.05) is 14.2 Å². The number of esters is 2. The van der Waals surface area contributed by atoms with E-state index in [-0.39, 0.29) is 73.5 Å². The first-order chi connectivity index (χ1) is 31.9. The van der Waals surface area contributed by atoms with E-state index in [2.05, 4.69) is 75.3 Å². The fourth-order valence-corrected chi connectivity index (χ4v) is 18.4. The number of ether oxygens (including phenoxy) is 3. The van der Waals surface area contributed by atoms with Gasteiger partial charge in [0.25, 0.3) is 0 Å². The highest BCUT2D eigenvalue weighted by atomic mass is 16.5. The van der Waals surface area contributed by atoms with Crippen LogP contribution in [0.25, 0.3) is 0 Å². The molecule has 13 atom stereocenters. The smallest absolute Gasteiger partial charge is 0.311 e. The number of phenolic OH excluding ortho intramolecular Hbond substituents is 1. The molecule has 0 heterocycles. The fourth-order valence-electron chi connectivity index (χ4n) is 18.4. The zero-order valence-corrected chi connectivity index (χ0v) is 44.2. The highest BCUT2D eigenvalue weighted by Gasteiger charge is 2.70. The van der Waals surface area contributed by atoms with Crippen LogP contribution in [0.5, 0.6) is 11.5 Å². The van der Waals surface area contributed by atoms with Gasteiger partial charge in [0.2, 0.25) is 11.6 Å². The molecule has 9 heteroatoms. The molecule has 0 amide bonds. The maximum Gasteiger partial charge on any atom is 0.311 e. The molecular weight excluding hydrogens is 865 g/mol. The number of allylic oxidation sites excluding steroid dienone is 6. The highest BCUT2D eigenvalue weighted by Crippen LogP contribution is 2.77. The van der Waals surface area contributed by atoms with E-state index in [9.17, 15) is 29.1 Å². The van der Waals surface area contributed by atoms with Gasteiger partial charge in [0.05, 0.1) is 25.0 Å². The van der Waals surface area contributed by atoms with Crippen LogP contribution in [0.1, 0.15) is 188 Å². The van der Waals surface area contributed by atoms with Crippen molar-refractivity contribution in [3.05, 3.63) is 69.4 Å². The third kappa shape index (κ3) is 5.85. The summed E-state index contributed by atoms with van der Waals surface area (Å²) in [6.07, 6.45) is 19.9. The Morgan fingerprint density at radius 1 is 0.580 bits per heavy atom. The molecule has 1 aromatic carbocycles. The lowest BCUT2D eigenvalue weighted by Crippen LogP contribution is -2.63. The second-order valence-corrected chi connectivity index (χ2v) is 26.8. The van der Waals surface area contributed by atoms with E-state index in [4.69, 9.17) is 14.2 Å². The summed E-state index contributed by atoms with van der Waals surface area (Å²) >= 11 is 0. The van der Waals surface area contributed by atoms with Gasteiger partial charge < -0.3 is 19.3 Å². The lowest BCUT2D eigenvalue weighted by molar-refractivity contribution is -0.180. The molecule has 9 aliphatic rings. The minimum absolute atomic E-state index is 0.0552. The molecule has 6 fully saturated rings. The Morgan fingerprint density at radius 3 is 1.59 bits per heavy atom. The van der Waals surface area contributed by atoms with Crippen LogP contribution in [0.15, 0.2) is 52.7 Å². The number of carbonyl (C=O) groups excluding carboxylic acids is 5. The molecule has 69 heavy (non-hydrogen) atoms. The van der Waals surface area contributed by atoms with E-state index in [1.54, 1.807) is 19.9 Å². The van der Waals surface area contributed by atoms with E-state index in [1.807, 2.05) is 18.2 Å². The highest BCUT2D eigenvalue weighted by molar-refractivity contribution is 6.46. The summed E-state index contributed by atoms with van der Waals surface area (Å²) in [5.74, 6) is -1.36. The van der Waals surface area contributed by atoms with Crippen molar-refractivity contribution >= 4 is 29.3 Å². The summed E-state index contributed by atoms with van der Waals surface area (Å²) in [5.41, 5.74) is 0.530. The molecule has 6 saturated carbocycles. The van der Waals surface area contributed by atoms with Gasteiger partial charge in [0.15, 0.2) is 22.9 Å². The standard InChI is InChI=1S/C60H78O9/c1-34-45-37(55(7)24-28-59(11)44-33-53(5,49(66)68-14)20-18-51(44,3)22-26-57(59,9)42(55)31-38(45)61)30-40(46(34)63)69-60(12)35-15-16-41-54(6,36(35)29-39(62)47(60)64)23-27-58(10)43-32-52(4,48(65)67-13)19-17-50(43,2)21-25-56(41,58)8/h15-16,29-31,43-44,63H,17-28,32-33H2,1-14H3. The number of methoxy groups -OCH3 is 2. The van der Waals surface area contributed by atoms with Gasteiger partial charge in [-0.25, -0.2) is 0 Å². The summed E-state index contributed by atoms with van der Waals surface area (Å²) in [4.78, 5) is 70.1. The Hall–Kier alpha value is -4.27. The van der Waals surface area contributed by atoms with Crippen molar-refractivity contribution in [1.29, 1.82) is 0 Å². The van der Waals surface area contributed by atoms with E-state index in [0.29, 0.717) is 16.7 Å². The Morgan fingerprint density at radius 2 is 1.07 bits per heavy atom. The second kappa shape index (κ2) is 14.5. The van der Waals surface area contributed by atoms with Crippen molar-refractivity contribution in [3.8, 4) is 11.5 Å². The molecule has 10 rings (SSSR count). The first kappa shape index (κ1) is 48.4. The van der Waals surface area contributed by atoms with Gasteiger partial charge in [-0.2, -0.15) is 0 Å². The monoisotopic (exact) mass is 943 g/mol. The van der Waals surface area contributed by atoms with Crippen LogP contribution in [0.2, 0.25) is 0 Å². The van der Waals surface area contributed by atoms with Crippen LogP contribution < -0.4 is 4.74 Å². The van der Waals surface area contributed by atoms with Crippen LogP contribution in [-0.2, 0) is 34.1 Å². The fraction of sp³-hybridized carbons (Fsp3) is 0.683. The number of hydrogen-bond acceptors (Lipinski definition) is 9. The first-order valence-electron chi connectivity index (χ1n) is 26.2. The molecule has 0 radical (unpaired) electrons. The Kier molecular flexibility index (Phi) is 10.1. The largest absolute Gasteiger partial charge is 0.504 e. The van der Waals surface area contributed by atoms with Crippen molar-refractivity contribution in [2.24, 2.45) is 60.6 Å². The predicted molar refractivity (Wildman–Crippen MR) is 265 cm³/mol. The molecule has 0 bridgehead atoms. The maximum atomic E-state index is 14.7. The van der Waals surface area contributed by atoms with Crippen LogP contribution in [0.4, 0.5) is 0 Å². The van der Waals surface area contributed by atoms with Crippen molar-refractivity contribution in [1.82, 2.24) is 0 Å². The lowest BCUT2D eigenvalue weighted by atomic mass is 9.34. The summed E-state index contributed by atoms with van der Waals surface area (Å²) in [7, 11) is 2.99. The first-order valence-corrected chi connectivity index (χ1v) is 26.2. The van der Waals surface area contributed by atoms with E-state index < -0.39 is 38.8 Å². The van der Waals surface area contributed by atoms with Crippen LogP contribution in [0, 0.1) is 67.5 Å². The molecule has 0 aromatic heterocycles. The number of ketones is 3. The van der Waals surface area contributed by atoms with Gasteiger partial charge in [0.1, 0.15) is 0 Å². The average Bonchev–Trinajstić information content (AvgIpc) is 3.30. The third-order valence-corrected chi connectivity index (χ3v) is 23.6. The Bertz CT molecular complexity index is 2700. The lowest BCUT2D eigenvalue weighted by Gasteiger charge is -2.70. The van der Waals surface area contributed by atoms with Gasteiger partial charge >= 0.3 is 11.9 Å². The molecule has 0 saturated heterocycles. The van der Waals surface area contributed by atoms with E-state index >= 15 is 0 Å². The van der Waals surface area contributed by atoms with Gasteiger partial charge in [-0.15, -0.1) is 0 Å². The minimum Gasteiger partial charge on any atom is -0.504 e. The topological polar surface area (TPSA) is 133 Å². The van der Waals surface area contributed by atoms with Crippen LogP contribution in [-0.4, -0.2) is 54.2 Å². The number of rotatable bonds is 4. The van der Waals surface area contributed by atoms with E-state index in [0.717, 1.165) is 107 Å². The molecule has 372 valence electrons. The average molecular weight is 943 g/mol. The van der Waals surface area contributed by atoms with Crippen LogP contribution >= 0.6 is 0 Å². The molecule has 1 N–H and O–H groups in total. The molecule has 9 nitrogen and oxygen atoms in total. The van der Waals surface area contributed by atoms with Crippen molar-refractivity contribution in [2.45, 2.75) is 184 Å². The normalized spacial score (nSPS) is 46.3. The number of hydrogen-bond donors (Lipinski definition) is 1. The number of phenols is 1. The van der Waals surface area contributed by atoms with Crippen molar-refractivity contribution < 1.29 is 43.3 Å². The zero-order chi connectivity index (χ0) is 50.3. The van der Waals surface area contributed by atoms with Gasteiger partial charge in [-0.1, -0.05) is 73.1 Å². The quantitative estimate of drug-likeness (QED) is 0.231. The summed E-state index contributed by atoms with van der Waals surface area (Å²) in [6, 6.07) is 1.81. The zero-order valence-electron chi connectivity index (χ0n) is 44.2. The summed E-state index contributed by atoms with van der Waals surface area (Å²) < 4.78 is 17.7. The number of benzene rings is 1. The molecule has 0 aliphatic heterocycles. The number of carbonyl (C=O) groups is 5. The third-order valence-electron chi connectivity index (χ3n) is 23.6. The number of fused-ring (bicyclic) bond motifs is 14. The van der Waals surface area contributed by atoms with Gasteiger partial charge in [0, 0.05) is 27.5 Å². The molecule has 0 spiro atoms. The number of aromatic hydroxyl groups is 1. The Balaban J connectivity index is 1.03. The summed E-state index contributed by atoms with van der Waals surface area (Å²) in [5, 5.41) is 12.1. The molecule has 13 unspecified atom stereocenters. The van der Waals surface area contributed by atoms with Gasteiger partial charge in [-0.05, 0) is 197 Å².